The standard InChI is InChI=1S/C19H26N2O4/c1-18(2,3)25-16(22)14-6-4-5-7-15(14)20-17(23)21-10-8-19(12-21)9-11-24-13-19/h4-7H,8-13H2,1-3H3,(H,20,23)/t19-/m1/s1. The summed E-state index contributed by atoms with van der Waals surface area (Å²) in [5.41, 5.74) is 0.370. The third-order valence-corrected chi connectivity index (χ3v) is 4.70. The summed E-state index contributed by atoms with van der Waals surface area (Å²) >= 11 is 0. The Kier molecular flexibility index (Phi) is 4.73. The number of rotatable bonds is 2. The van der Waals surface area contributed by atoms with Crippen LogP contribution in [0.25, 0.3) is 0 Å². The summed E-state index contributed by atoms with van der Waals surface area (Å²) in [7, 11) is 0. The van der Waals surface area contributed by atoms with Crippen molar-refractivity contribution in [2.45, 2.75) is 39.2 Å². The lowest BCUT2D eigenvalue weighted by atomic mass is 9.87. The number of carbonyl (C=O) groups excluding carboxylic acids is 2. The molecular weight excluding hydrogens is 320 g/mol. The van der Waals surface area contributed by atoms with Crippen molar-refractivity contribution in [2.75, 3.05) is 31.6 Å². The molecule has 2 aliphatic heterocycles. The summed E-state index contributed by atoms with van der Waals surface area (Å²) in [6.45, 7) is 8.37. The maximum absolute atomic E-state index is 12.6. The SMILES string of the molecule is CC(C)(C)OC(=O)c1ccccc1NC(=O)N1CC[C@@]2(CCOC2)C1. The fraction of sp³-hybridized carbons (Fsp3) is 0.579. The molecule has 0 bridgehead atoms. The van der Waals surface area contributed by atoms with Crippen LogP contribution >= 0.6 is 0 Å². The summed E-state index contributed by atoms with van der Waals surface area (Å²) in [5, 5.41) is 2.87. The zero-order chi connectivity index (χ0) is 18.1. The quantitative estimate of drug-likeness (QED) is 0.835. The molecule has 136 valence electrons. The van der Waals surface area contributed by atoms with E-state index >= 15 is 0 Å². The highest BCUT2D eigenvalue weighted by Crippen LogP contribution is 2.38. The zero-order valence-corrected chi connectivity index (χ0v) is 15.1. The van der Waals surface area contributed by atoms with Gasteiger partial charge >= 0.3 is 12.0 Å². The number of nitrogens with one attached hydrogen (secondary N) is 1. The van der Waals surface area contributed by atoms with Crippen molar-refractivity contribution in [3.05, 3.63) is 29.8 Å². The Balaban J connectivity index is 1.69. The van der Waals surface area contributed by atoms with Crippen LogP contribution in [0, 0.1) is 5.41 Å². The van der Waals surface area contributed by atoms with Gasteiger partial charge in [0, 0.05) is 25.1 Å². The van der Waals surface area contributed by atoms with Gasteiger partial charge < -0.3 is 19.7 Å². The number of nitrogens with zero attached hydrogens (tertiary/aromatic N) is 1. The highest BCUT2D eigenvalue weighted by molar-refractivity contribution is 6.01. The number of esters is 1. The summed E-state index contributed by atoms with van der Waals surface area (Å²) in [6.07, 6.45) is 1.97. The molecule has 2 fully saturated rings. The number of carbonyl (C=O) groups is 2. The van der Waals surface area contributed by atoms with Crippen LogP contribution in [0.4, 0.5) is 10.5 Å². The van der Waals surface area contributed by atoms with Crippen LogP contribution in [0.3, 0.4) is 0 Å². The van der Waals surface area contributed by atoms with Gasteiger partial charge in [-0.2, -0.15) is 0 Å². The maximum atomic E-state index is 12.6. The van der Waals surface area contributed by atoms with Crippen molar-refractivity contribution in [1.29, 1.82) is 0 Å². The third-order valence-electron chi connectivity index (χ3n) is 4.70. The number of hydrogen-bond acceptors (Lipinski definition) is 4. The molecule has 0 saturated carbocycles. The van der Waals surface area contributed by atoms with Gasteiger partial charge in [0.1, 0.15) is 5.60 Å². The Morgan fingerprint density at radius 2 is 2.00 bits per heavy atom. The Bertz CT molecular complexity index is 660. The maximum Gasteiger partial charge on any atom is 0.340 e. The molecule has 1 N–H and O–H groups in total. The number of ether oxygens (including phenoxy) is 2. The number of amides is 2. The van der Waals surface area contributed by atoms with E-state index in [0.717, 1.165) is 26.1 Å². The normalized spacial score (nSPS) is 23.1. The smallest absolute Gasteiger partial charge is 0.340 e. The summed E-state index contributed by atoms with van der Waals surface area (Å²) in [4.78, 5) is 26.8. The van der Waals surface area contributed by atoms with Crippen molar-refractivity contribution in [2.24, 2.45) is 5.41 Å². The summed E-state index contributed by atoms with van der Waals surface area (Å²) in [5.74, 6) is -0.439. The molecule has 2 aliphatic rings. The van der Waals surface area contributed by atoms with Gasteiger partial charge in [-0.3, -0.25) is 0 Å². The van der Waals surface area contributed by atoms with Crippen molar-refractivity contribution in [1.82, 2.24) is 4.90 Å². The lowest BCUT2D eigenvalue weighted by Crippen LogP contribution is -2.36. The lowest BCUT2D eigenvalue weighted by molar-refractivity contribution is 0.00708. The molecular formula is C19H26N2O4. The lowest BCUT2D eigenvalue weighted by Gasteiger charge is -2.23. The van der Waals surface area contributed by atoms with Gasteiger partial charge in [-0.1, -0.05) is 12.1 Å². The van der Waals surface area contributed by atoms with E-state index in [-0.39, 0.29) is 11.4 Å². The van der Waals surface area contributed by atoms with E-state index in [1.54, 1.807) is 29.2 Å². The first-order valence-electron chi connectivity index (χ1n) is 8.74. The van der Waals surface area contributed by atoms with Gasteiger partial charge in [-0.15, -0.1) is 0 Å². The highest BCUT2D eigenvalue weighted by Gasteiger charge is 2.42. The van der Waals surface area contributed by atoms with Crippen LogP contribution in [0.5, 0.6) is 0 Å². The Hall–Kier alpha value is -2.08. The Morgan fingerprint density at radius 3 is 2.68 bits per heavy atom. The molecule has 2 heterocycles. The van der Waals surface area contributed by atoms with Gasteiger partial charge in [0.25, 0.3) is 0 Å². The molecule has 2 amide bonds. The van der Waals surface area contributed by atoms with Crippen LogP contribution in [0.1, 0.15) is 44.0 Å². The van der Waals surface area contributed by atoms with Gasteiger partial charge in [0.2, 0.25) is 0 Å². The molecule has 6 heteroatoms. The van der Waals surface area contributed by atoms with Crippen LogP contribution in [0.15, 0.2) is 24.3 Å². The fourth-order valence-corrected chi connectivity index (χ4v) is 3.38. The first-order chi connectivity index (χ1) is 11.8. The monoisotopic (exact) mass is 346 g/mol. The van der Waals surface area contributed by atoms with E-state index < -0.39 is 11.6 Å². The zero-order valence-electron chi connectivity index (χ0n) is 15.1. The molecule has 0 unspecified atom stereocenters. The number of para-hydroxylation sites is 1. The minimum atomic E-state index is -0.585. The van der Waals surface area contributed by atoms with Gasteiger partial charge in [-0.05, 0) is 45.7 Å². The fourth-order valence-electron chi connectivity index (χ4n) is 3.38. The first kappa shape index (κ1) is 17.7. The molecule has 6 nitrogen and oxygen atoms in total. The largest absolute Gasteiger partial charge is 0.456 e. The average Bonchev–Trinajstić information content (AvgIpc) is 3.16. The highest BCUT2D eigenvalue weighted by atomic mass is 16.6. The molecule has 25 heavy (non-hydrogen) atoms. The topological polar surface area (TPSA) is 67.9 Å². The summed E-state index contributed by atoms with van der Waals surface area (Å²) in [6, 6.07) is 6.76. The van der Waals surface area contributed by atoms with Gasteiger partial charge in [-0.25, -0.2) is 9.59 Å². The predicted molar refractivity (Wildman–Crippen MR) is 94.7 cm³/mol. The molecule has 1 atom stereocenters. The number of hydrogen-bond donors (Lipinski definition) is 1. The van der Waals surface area contributed by atoms with Crippen LogP contribution in [-0.2, 0) is 9.47 Å². The number of benzene rings is 1. The molecule has 0 radical (unpaired) electrons. The molecule has 1 aromatic rings. The number of urea groups is 1. The van der Waals surface area contributed by atoms with E-state index in [9.17, 15) is 9.59 Å². The van der Waals surface area contributed by atoms with E-state index in [4.69, 9.17) is 9.47 Å². The molecule has 1 aromatic carbocycles. The minimum absolute atomic E-state index is 0.113. The van der Waals surface area contributed by atoms with E-state index in [0.29, 0.717) is 24.3 Å². The van der Waals surface area contributed by atoms with E-state index in [1.807, 2.05) is 20.8 Å². The van der Waals surface area contributed by atoms with Crippen molar-refractivity contribution in [3.8, 4) is 0 Å². The molecule has 0 aliphatic carbocycles. The second-order valence-corrected chi connectivity index (χ2v) is 7.95. The number of likely N-dealkylation sites (tertiary alicyclic amines) is 1. The summed E-state index contributed by atoms with van der Waals surface area (Å²) < 4.78 is 10.9. The Morgan fingerprint density at radius 1 is 1.24 bits per heavy atom. The van der Waals surface area contributed by atoms with Gasteiger partial charge in [0.15, 0.2) is 0 Å². The van der Waals surface area contributed by atoms with Crippen LogP contribution in [-0.4, -0.2) is 48.8 Å². The number of anilines is 1. The van der Waals surface area contributed by atoms with E-state index in [2.05, 4.69) is 5.32 Å². The van der Waals surface area contributed by atoms with Crippen LogP contribution < -0.4 is 5.32 Å². The Labute approximate surface area is 148 Å². The molecule has 1 spiro atoms. The van der Waals surface area contributed by atoms with Crippen molar-refractivity contribution in [3.63, 3.8) is 0 Å². The second kappa shape index (κ2) is 6.67. The van der Waals surface area contributed by atoms with Crippen LogP contribution in [0.2, 0.25) is 0 Å². The first-order valence-corrected chi connectivity index (χ1v) is 8.74. The molecule has 3 rings (SSSR count). The van der Waals surface area contributed by atoms with Crippen molar-refractivity contribution < 1.29 is 19.1 Å². The second-order valence-electron chi connectivity index (χ2n) is 7.95. The van der Waals surface area contributed by atoms with Crippen molar-refractivity contribution >= 4 is 17.7 Å². The predicted octanol–water partition coefficient (Wildman–Crippen LogP) is 3.29. The minimum Gasteiger partial charge on any atom is -0.456 e. The third kappa shape index (κ3) is 4.12. The average molecular weight is 346 g/mol. The molecule has 0 aromatic heterocycles. The van der Waals surface area contributed by atoms with Gasteiger partial charge in [0.05, 0.1) is 17.9 Å². The molecule has 2 saturated heterocycles. The van der Waals surface area contributed by atoms with E-state index in [1.165, 1.54) is 0 Å².